The van der Waals surface area contributed by atoms with Gasteiger partial charge in [-0.15, -0.1) is 0 Å². The standard InChI is InChI=1S/C13H14ClNO2/c14-9-3-1-2-8(4-9)11-5-12(11)13(17)15-6-10(16)7-15/h1-4,10-12,16H,5-7H2. The SMILES string of the molecule is O=C(C1CC1c1cccc(Cl)c1)N1CC(O)C1. The minimum absolute atomic E-state index is 0.0981. The molecule has 1 aliphatic carbocycles. The molecule has 1 aromatic carbocycles. The van der Waals surface area contributed by atoms with E-state index in [1.165, 1.54) is 0 Å². The van der Waals surface area contributed by atoms with Gasteiger partial charge in [0.1, 0.15) is 0 Å². The van der Waals surface area contributed by atoms with Crippen LogP contribution in [0.1, 0.15) is 17.9 Å². The van der Waals surface area contributed by atoms with E-state index >= 15 is 0 Å². The number of benzene rings is 1. The highest BCUT2D eigenvalue weighted by atomic mass is 35.5. The summed E-state index contributed by atoms with van der Waals surface area (Å²) in [7, 11) is 0. The van der Waals surface area contributed by atoms with Crippen molar-refractivity contribution in [3.8, 4) is 0 Å². The Bertz CT molecular complexity index is 456. The second kappa shape index (κ2) is 4.00. The first kappa shape index (κ1) is 11.1. The van der Waals surface area contributed by atoms with Crippen molar-refractivity contribution < 1.29 is 9.90 Å². The molecule has 2 unspecified atom stereocenters. The number of carbonyl (C=O) groups excluding carboxylic acids is 1. The van der Waals surface area contributed by atoms with Gasteiger partial charge in [-0.05, 0) is 30.0 Å². The molecule has 1 amide bonds. The Labute approximate surface area is 105 Å². The summed E-state index contributed by atoms with van der Waals surface area (Å²) in [5.74, 6) is 0.597. The van der Waals surface area contributed by atoms with Crippen LogP contribution in [0.4, 0.5) is 0 Å². The number of aliphatic hydroxyl groups excluding tert-OH is 1. The molecule has 2 aliphatic rings. The molecular formula is C13H14ClNO2. The molecule has 0 radical (unpaired) electrons. The van der Waals surface area contributed by atoms with Crippen LogP contribution in [0, 0.1) is 5.92 Å². The fraction of sp³-hybridized carbons (Fsp3) is 0.462. The third-order valence-electron chi connectivity index (χ3n) is 3.56. The number of rotatable bonds is 2. The summed E-state index contributed by atoms with van der Waals surface area (Å²) >= 11 is 5.94. The zero-order valence-corrected chi connectivity index (χ0v) is 10.1. The lowest BCUT2D eigenvalue weighted by atomic mass is 10.1. The fourth-order valence-electron chi connectivity index (χ4n) is 2.44. The minimum Gasteiger partial charge on any atom is -0.389 e. The van der Waals surface area contributed by atoms with Gasteiger partial charge in [-0.2, -0.15) is 0 Å². The highest BCUT2D eigenvalue weighted by Gasteiger charge is 2.47. The predicted octanol–water partition coefficient (Wildman–Crippen LogP) is 1.65. The lowest BCUT2D eigenvalue weighted by molar-refractivity contribution is -0.142. The predicted molar refractivity (Wildman–Crippen MR) is 64.9 cm³/mol. The number of aliphatic hydroxyl groups is 1. The van der Waals surface area contributed by atoms with Crippen molar-refractivity contribution >= 4 is 17.5 Å². The molecule has 3 nitrogen and oxygen atoms in total. The summed E-state index contributed by atoms with van der Waals surface area (Å²) in [5.41, 5.74) is 1.15. The number of likely N-dealkylation sites (tertiary alicyclic amines) is 1. The number of hydrogen-bond acceptors (Lipinski definition) is 2. The topological polar surface area (TPSA) is 40.5 Å². The van der Waals surface area contributed by atoms with E-state index in [9.17, 15) is 9.90 Å². The van der Waals surface area contributed by atoms with Gasteiger partial charge in [-0.1, -0.05) is 23.7 Å². The van der Waals surface area contributed by atoms with E-state index in [1.54, 1.807) is 4.90 Å². The third kappa shape index (κ3) is 2.05. The van der Waals surface area contributed by atoms with Gasteiger partial charge < -0.3 is 10.0 Å². The Morgan fingerprint density at radius 2 is 2.18 bits per heavy atom. The number of halogens is 1. The summed E-state index contributed by atoms with van der Waals surface area (Å²) in [4.78, 5) is 13.7. The normalized spacial score (nSPS) is 27.8. The Morgan fingerprint density at radius 3 is 2.82 bits per heavy atom. The van der Waals surface area contributed by atoms with E-state index in [0.717, 1.165) is 17.0 Å². The van der Waals surface area contributed by atoms with Crippen LogP contribution in [-0.2, 0) is 4.79 Å². The smallest absolute Gasteiger partial charge is 0.226 e. The highest BCUT2D eigenvalue weighted by molar-refractivity contribution is 6.30. The molecule has 0 spiro atoms. The monoisotopic (exact) mass is 251 g/mol. The Kier molecular flexibility index (Phi) is 2.60. The molecule has 90 valence electrons. The fourth-order valence-corrected chi connectivity index (χ4v) is 2.64. The molecule has 3 rings (SSSR count). The summed E-state index contributed by atoms with van der Waals surface area (Å²) in [6.45, 7) is 0.995. The van der Waals surface area contributed by atoms with Crippen LogP contribution in [0.15, 0.2) is 24.3 Å². The average Bonchev–Trinajstić information content (AvgIpc) is 3.04. The van der Waals surface area contributed by atoms with E-state index in [-0.39, 0.29) is 17.9 Å². The Balaban J connectivity index is 1.64. The average molecular weight is 252 g/mol. The number of β-amino-alcohol motifs (C(OH)–C–C–N with tert-alkyl or cyclic N) is 1. The summed E-state index contributed by atoms with van der Waals surface area (Å²) < 4.78 is 0. The van der Waals surface area contributed by atoms with Crippen molar-refractivity contribution in [3.63, 3.8) is 0 Å². The zero-order valence-electron chi connectivity index (χ0n) is 9.34. The maximum Gasteiger partial charge on any atom is 0.226 e. The van der Waals surface area contributed by atoms with Gasteiger partial charge >= 0.3 is 0 Å². The molecule has 4 heteroatoms. The number of hydrogen-bond donors (Lipinski definition) is 1. The van der Waals surface area contributed by atoms with Gasteiger partial charge in [0.25, 0.3) is 0 Å². The van der Waals surface area contributed by atoms with Crippen molar-refractivity contribution in [2.75, 3.05) is 13.1 Å². The van der Waals surface area contributed by atoms with Crippen molar-refractivity contribution in [2.24, 2.45) is 5.92 Å². The minimum atomic E-state index is -0.317. The van der Waals surface area contributed by atoms with Crippen molar-refractivity contribution in [3.05, 3.63) is 34.9 Å². The first-order valence-corrected chi connectivity index (χ1v) is 6.25. The quantitative estimate of drug-likeness (QED) is 0.868. The Morgan fingerprint density at radius 1 is 1.41 bits per heavy atom. The van der Waals surface area contributed by atoms with E-state index in [4.69, 9.17) is 11.6 Å². The zero-order chi connectivity index (χ0) is 12.0. The largest absolute Gasteiger partial charge is 0.389 e. The number of carbonyl (C=O) groups is 1. The summed E-state index contributed by atoms with van der Waals surface area (Å²) in [6, 6.07) is 7.72. The molecule has 1 aromatic rings. The molecular weight excluding hydrogens is 238 g/mol. The molecule has 0 aromatic heterocycles. The first-order chi connectivity index (χ1) is 8.15. The number of nitrogens with zero attached hydrogens (tertiary/aromatic N) is 1. The molecule has 1 saturated heterocycles. The van der Waals surface area contributed by atoms with Crippen LogP contribution in [0.25, 0.3) is 0 Å². The van der Waals surface area contributed by atoms with Gasteiger partial charge in [-0.3, -0.25) is 4.79 Å². The maximum atomic E-state index is 12.0. The molecule has 1 aliphatic heterocycles. The van der Waals surface area contributed by atoms with Crippen LogP contribution in [0.2, 0.25) is 5.02 Å². The molecule has 1 heterocycles. The highest BCUT2D eigenvalue weighted by Crippen LogP contribution is 2.49. The van der Waals surface area contributed by atoms with Gasteiger partial charge in [0.15, 0.2) is 0 Å². The van der Waals surface area contributed by atoms with Crippen LogP contribution >= 0.6 is 11.6 Å². The maximum absolute atomic E-state index is 12.0. The van der Waals surface area contributed by atoms with E-state index < -0.39 is 0 Å². The van der Waals surface area contributed by atoms with Crippen LogP contribution in [0.3, 0.4) is 0 Å². The van der Waals surface area contributed by atoms with E-state index in [1.807, 2.05) is 24.3 Å². The molecule has 0 bridgehead atoms. The second-order valence-corrected chi connectivity index (χ2v) is 5.34. The molecule has 17 heavy (non-hydrogen) atoms. The summed E-state index contributed by atoms with van der Waals surface area (Å²) in [6.07, 6.45) is 0.591. The molecule has 1 N–H and O–H groups in total. The van der Waals surface area contributed by atoms with Crippen LogP contribution in [0.5, 0.6) is 0 Å². The van der Waals surface area contributed by atoms with Crippen LogP contribution < -0.4 is 0 Å². The lowest BCUT2D eigenvalue weighted by Gasteiger charge is -2.36. The van der Waals surface area contributed by atoms with Crippen LogP contribution in [-0.4, -0.2) is 35.1 Å². The van der Waals surface area contributed by atoms with Gasteiger partial charge in [-0.25, -0.2) is 0 Å². The third-order valence-corrected chi connectivity index (χ3v) is 3.79. The molecule has 2 fully saturated rings. The second-order valence-electron chi connectivity index (χ2n) is 4.90. The Hall–Kier alpha value is -1.06. The van der Waals surface area contributed by atoms with E-state index in [0.29, 0.717) is 19.0 Å². The van der Waals surface area contributed by atoms with Crippen molar-refractivity contribution in [2.45, 2.75) is 18.4 Å². The van der Waals surface area contributed by atoms with Crippen molar-refractivity contribution in [1.29, 1.82) is 0 Å². The van der Waals surface area contributed by atoms with Crippen molar-refractivity contribution in [1.82, 2.24) is 4.90 Å². The van der Waals surface area contributed by atoms with Gasteiger partial charge in [0, 0.05) is 24.0 Å². The van der Waals surface area contributed by atoms with Gasteiger partial charge in [0.05, 0.1) is 6.10 Å². The number of amides is 1. The van der Waals surface area contributed by atoms with E-state index in [2.05, 4.69) is 0 Å². The summed E-state index contributed by atoms with van der Waals surface area (Å²) in [5, 5.41) is 9.90. The molecule has 2 atom stereocenters. The van der Waals surface area contributed by atoms with Gasteiger partial charge in [0.2, 0.25) is 5.91 Å². The molecule has 1 saturated carbocycles. The lowest BCUT2D eigenvalue weighted by Crippen LogP contribution is -2.54. The first-order valence-electron chi connectivity index (χ1n) is 5.87.